The maximum Gasteiger partial charge on any atom is 0.237 e. The molecule has 2 aromatic carbocycles. The van der Waals surface area contributed by atoms with E-state index in [2.05, 4.69) is 10.3 Å². The van der Waals surface area contributed by atoms with Gasteiger partial charge in [0.2, 0.25) is 5.91 Å². The predicted octanol–water partition coefficient (Wildman–Crippen LogP) is 3.40. The van der Waals surface area contributed by atoms with Crippen LogP contribution in [0.15, 0.2) is 47.5 Å². The number of carbonyl (C=O) groups excluding carboxylic acids is 1. The summed E-state index contributed by atoms with van der Waals surface area (Å²) in [5.41, 5.74) is 5.96. The van der Waals surface area contributed by atoms with Crippen LogP contribution in [0.2, 0.25) is 0 Å². The van der Waals surface area contributed by atoms with Crippen molar-refractivity contribution in [2.45, 2.75) is 32.4 Å². The quantitative estimate of drug-likeness (QED) is 0.833. The van der Waals surface area contributed by atoms with Gasteiger partial charge in [0.15, 0.2) is 5.96 Å². The van der Waals surface area contributed by atoms with Crippen molar-refractivity contribution in [1.29, 1.82) is 0 Å². The molecule has 4 rings (SSSR count). The van der Waals surface area contributed by atoms with Gasteiger partial charge in [-0.2, -0.15) is 0 Å². The van der Waals surface area contributed by atoms with Crippen LogP contribution in [0.1, 0.15) is 37.9 Å². The second-order valence-electron chi connectivity index (χ2n) is 8.27. The fraction of sp³-hybridized carbons (Fsp3) is 0.364. The van der Waals surface area contributed by atoms with Crippen molar-refractivity contribution in [3.8, 4) is 5.75 Å². The van der Waals surface area contributed by atoms with E-state index in [9.17, 15) is 9.18 Å². The molecule has 2 heterocycles. The average Bonchev–Trinajstić information content (AvgIpc) is 3.10. The zero-order chi connectivity index (χ0) is 21.0. The van der Waals surface area contributed by atoms with Gasteiger partial charge < -0.3 is 15.8 Å². The number of benzene rings is 2. The van der Waals surface area contributed by atoms with Gasteiger partial charge in [-0.3, -0.25) is 9.69 Å². The van der Waals surface area contributed by atoms with Crippen LogP contribution in [0.4, 0.5) is 10.1 Å². The van der Waals surface area contributed by atoms with E-state index in [0.717, 1.165) is 17.0 Å². The Bertz CT molecular complexity index is 1020. The minimum absolute atomic E-state index is 0.0435. The molecule has 3 N–H and O–H groups in total. The fourth-order valence-corrected chi connectivity index (χ4v) is 4.04. The van der Waals surface area contributed by atoms with Crippen LogP contribution in [0.25, 0.3) is 0 Å². The highest BCUT2D eigenvalue weighted by atomic mass is 19.1. The monoisotopic (exact) mass is 396 g/mol. The standard InChI is InChI=1S/C22H25FN4O2/c1-21(2)19(28)27(4)20(24)26-22(21,3)15-11-13(9-10-16(15)23)25-17-12-29-18-8-6-5-7-14(17)18/h5-11,17,25H,12H2,1-4H3,(H2,24,26)/t17?,22-/m1/s1. The molecule has 6 nitrogen and oxygen atoms in total. The highest BCUT2D eigenvalue weighted by Crippen LogP contribution is 2.48. The summed E-state index contributed by atoms with van der Waals surface area (Å²) in [6.07, 6.45) is 0. The van der Waals surface area contributed by atoms with E-state index >= 15 is 0 Å². The molecular formula is C22H25FN4O2. The van der Waals surface area contributed by atoms with Gasteiger partial charge in [0.25, 0.3) is 0 Å². The topological polar surface area (TPSA) is 80.0 Å². The smallest absolute Gasteiger partial charge is 0.237 e. The van der Waals surface area contributed by atoms with Crippen LogP contribution < -0.4 is 15.8 Å². The molecule has 0 radical (unpaired) electrons. The summed E-state index contributed by atoms with van der Waals surface area (Å²) in [6, 6.07) is 12.6. The molecule has 0 saturated carbocycles. The molecule has 0 fully saturated rings. The summed E-state index contributed by atoms with van der Waals surface area (Å²) in [6.45, 7) is 5.77. The summed E-state index contributed by atoms with van der Waals surface area (Å²) in [5, 5.41) is 3.41. The largest absolute Gasteiger partial charge is 0.491 e. The molecule has 29 heavy (non-hydrogen) atoms. The molecule has 0 bridgehead atoms. The third-order valence-electron chi connectivity index (χ3n) is 6.27. The molecule has 0 saturated heterocycles. The Morgan fingerprint density at radius 1 is 1.24 bits per heavy atom. The number of halogens is 1. The number of para-hydroxylation sites is 1. The van der Waals surface area contributed by atoms with Gasteiger partial charge in [-0.05, 0) is 45.0 Å². The van der Waals surface area contributed by atoms with Crippen molar-refractivity contribution in [1.82, 2.24) is 4.90 Å². The molecule has 0 spiro atoms. The number of nitrogens with two attached hydrogens (primary N) is 1. The van der Waals surface area contributed by atoms with Crippen LogP contribution in [0, 0.1) is 11.2 Å². The molecule has 2 aliphatic rings. The predicted molar refractivity (Wildman–Crippen MR) is 110 cm³/mol. The Morgan fingerprint density at radius 3 is 2.72 bits per heavy atom. The molecule has 0 aromatic heterocycles. The van der Waals surface area contributed by atoms with Crippen molar-refractivity contribution in [3.63, 3.8) is 0 Å². The van der Waals surface area contributed by atoms with E-state index in [4.69, 9.17) is 10.5 Å². The minimum Gasteiger partial charge on any atom is -0.491 e. The second-order valence-corrected chi connectivity index (χ2v) is 8.27. The number of hydrogen-bond donors (Lipinski definition) is 2. The molecule has 2 aliphatic heterocycles. The molecule has 2 aromatic rings. The highest BCUT2D eigenvalue weighted by molar-refractivity contribution is 6.01. The highest BCUT2D eigenvalue weighted by Gasteiger charge is 2.53. The van der Waals surface area contributed by atoms with Crippen LogP contribution >= 0.6 is 0 Å². The Balaban J connectivity index is 1.74. The summed E-state index contributed by atoms with van der Waals surface area (Å²) in [4.78, 5) is 18.7. The van der Waals surface area contributed by atoms with E-state index < -0.39 is 16.8 Å². The molecule has 0 aliphatic carbocycles. The molecule has 1 amide bonds. The first kappa shape index (κ1) is 19.2. The zero-order valence-electron chi connectivity index (χ0n) is 17.0. The average molecular weight is 396 g/mol. The van der Waals surface area contributed by atoms with Gasteiger partial charge >= 0.3 is 0 Å². The first-order valence-electron chi connectivity index (χ1n) is 9.57. The first-order chi connectivity index (χ1) is 13.6. The van der Waals surface area contributed by atoms with Crippen molar-refractivity contribution in [2.24, 2.45) is 16.1 Å². The van der Waals surface area contributed by atoms with E-state index in [1.54, 1.807) is 40.0 Å². The molecule has 1 unspecified atom stereocenters. The number of amides is 1. The summed E-state index contributed by atoms with van der Waals surface area (Å²) in [7, 11) is 1.58. The number of nitrogens with one attached hydrogen (secondary N) is 1. The third-order valence-corrected chi connectivity index (χ3v) is 6.27. The summed E-state index contributed by atoms with van der Waals surface area (Å²) in [5.74, 6) is 0.290. The van der Waals surface area contributed by atoms with Gasteiger partial charge in [0.1, 0.15) is 23.7 Å². The Morgan fingerprint density at radius 2 is 1.97 bits per heavy atom. The second kappa shape index (κ2) is 6.47. The summed E-state index contributed by atoms with van der Waals surface area (Å²) >= 11 is 0. The number of anilines is 1. The van der Waals surface area contributed by atoms with Crippen molar-refractivity contribution in [3.05, 3.63) is 59.4 Å². The lowest BCUT2D eigenvalue weighted by Crippen LogP contribution is -2.58. The Kier molecular flexibility index (Phi) is 4.29. The molecule has 7 heteroatoms. The molecular weight excluding hydrogens is 371 g/mol. The maximum absolute atomic E-state index is 15.0. The van der Waals surface area contributed by atoms with Crippen LogP contribution in [0.3, 0.4) is 0 Å². The number of hydrogen-bond acceptors (Lipinski definition) is 5. The number of fused-ring (bicyclic) bond motifs is 1. The molecule has 152 valence electrons. The van der Waals surface area contributed by atoms with Crippen molar-refractivity contribution < 1.29 is 13.9 Å². The van der Waals surface area contributed by atoms with Crippen LogP contribution in [-0.4, -0.2) is 30.4 Å². The maximum atomic E-state index is 15.0. The number of ether oxygens (including phenoxy) is 1. The van der Waals surface area contributed by atoms with Gasteiger partial charge in [0.05, 0.1) is 11.5 Å². The van der Waals surface area contributed by atoms with Gasteiger partial charge in [0, 0.05) is 23.9 Å². The van der Waals surface area contributed by atoms with Gasteiger partial charge in [-0.1, -0.05) is 18.2 Å². The Labute approximate surface area is 169 Å². The Hall–Kier alpha value is -3.09. The number of carbonyl (C=O) groups is 1. The van der Waals surface area contributed by atoms with Gasteiger partial charge in [-0.15, -0.1) is 0 Å². The first-order valence-corrected chi connectivity index (χ1v) is 9.57. The molecule has 2 atom stereocenters. The number of guanidine groups is 1. The third kappa shape index (κ3) is 2.84. The SMILES string of the molecule is CN1C(=O)C(C)(C)[C@@](C)(c2cc(NC3COc4ccccc43)ccc2F)N=C1N. The van der Waals surface area contributed by atoms with E-state index in [0.29, 0.717) is 12.2 Å². The summed E-state index contributed by atoms with van der Waals surface area (Å²) < 4.78 is 20.7. The van der Waals surface area contributed by atoms with Crippen LogP contribution in [0.5, 0.6) is 5.75 Å². The van der Waals surface area contributed by atoms with Gasteiger partial charge in [-0.25, -0.2) is 9.38 Å². The van der Waals surface area contributed by atoms with E-state index in [1.165, 1.54) is 11.0 Å². The van der Waals surface area contributed by atoms with E-state index in [-0.39, 0.29) is 17.9 Å². The zero-order valence-corrected chi connectivity index (χ0v) is 17.0. The number of aliphatic imine (C=N–C) groups is 1. The lowest BCUT2D eigenvalue weighted by atomic mass is 9.67. The van der Waals surface area contributed by atoms with Crippen molar-refractivity contribution in [2.75, 3.05) is 19.0 Å². The lowest BCUT2D eigenvalue weighted by Gasteiger charge is -2.46. The lowest BCUT2D eigenvalue weighted by molar-refractivity contribution is -0.140. The van der Waals surface area contributed by atoms with Crippen molar-refractivity contribution >= 4 is 17.6 Å². The minimum atomic E-state index is -1.15. The number of rotatable bonds is 3. The number of nitrogens with zero attached hydrogens (tertiary/aromatic N) is 2. The van der Waals surface area contributed by atoms with E-state index in [1.807, 2.05) is 24.3 Å². The fourth-order valence-electron chi connectivity index (χ4n) is 4.04. The van der Waals surface area contributed by atoms with Crippen LogP contribution in [-0.2, 0) is 10.3 Å². The normalized spacial score (nSPS) is 25.3.